The minimum atomic E-state index is -0.763. The molecule has 2 amide bonds. The number of nitrogens with zero attached hydrogens (tertiary/aromatic N) is 1. The highest BCUT2D eigenvalue weighted by Gasteiger charge is 2.23. The average Bonchev–Trinajstić information content (AvgIpc) is 3.42. The highest BCUT2D eigenvalue weighted by Crippen LogP contribution is 2.31. The number of hydrogen-bond acceptors (Lipinski definition) is 5. The van der Waals surface area contributed by atoms with E-state index in [1.807, 2.05) is 80.6 Å². The SMILES string of the molecule is CC(C)CC(=O)NC(C(=O)NCc1ccc(-c2nc3ccccc3s2)o1)c1ccccc1. The quantitative estimate of drug-likeness (QED) is 0.395. The van der Waals surface area contributed by atoms with E-state index in [1.54, 1.807) is 11.3 Å². The summed E-state index contributed by atoms with van der Waals surface area (Å²) in [5.41, 5.74) is 1.67. The van der Waals surface area contributed by atoms with Crippen LogP contribution in [0.4, 0.5) is 0 Å². The van der Waals surface area contributed by atoms with Gasteiger partial charge in [-0.15, -0.1) is 11.3 Å². The van der Waals surface area contributed by atoms with Gasteiger partial charge >= 0.3 is 0 Å². The van der Waals surface area contributed by atoms with E-state index in [9.17, 15) is 9.59 Å². The van der Waals surface area contributed by atoms with Crippen LogP contribution in [0, 0.1) is 5.92 Å². The van der Waals surface area contributed by atoms with E-state index >= 15 is 0 Å². The van der Waals surface area contributed by atoms with Gasteiger partial charge in [0.25, 0.3) is 0 Å². The number of furan rings is 1. The molecule has 4 aromatic rings. The van der Waals surface area contributed by atoms with Crippen molar-refractivity contribution in [3.8, 4) is 10.8 Å². The lowest BCUT2D eigenvalue weighted by Gasteiger charge is -2.19. The van der Waals surface area contributed by atoms with Crippen LogP contribution in [0.5, 0.6) is 0 Å². The summed E-state index contributed by atoms with van der Waals surface area (Å²) in [5.74, 6) is 1.05. The predicted octanol–water partition coefficient (Wildman–Crippen LogP) is 5.08. The lowest BCUT2D eigenvalue weighted by atomic mass is 10.0. The summed E-state index contributed by atoms with van der Waals surface area (Å²) in [4.78, 5) is 29.9. The van der Waals surface area contributed by atoms with Gasteiger partial charge in [0.05, 0.1) is 16.8 Å². The zero-order chi connectivity index (χ0) is 22.5. The fourth-order valence-electron chi connectivity index (χ4n) is 3.38. The third kappa shape index (κ3) is 5.23. The van der Waals surface area contributed by atoms with Crippen LogP contribution in [0.15, 0.2) is 71.1 Å². The molecular weight excluding hydrogens is 422 g/mol. The van der Waals surface area contributed by atoms with Crippen molar-refractivity contribution >= 4 is 33.4 Å². The Balaban J connectivity index is 1.44. The second-order valence-electron chi connectivity index (χ2n) is 7.98. The Bertz CT molecular complexity index is 1180. The van der Waals surface area contributed by atoms with Gasteiger partial charge in [0, 0.05) is 6.42 Å². The van der Waals surface area contributed by atoms with Crippen molar-refractivity contribution in [2.24, 2.45) is 5.92 Å². The number of amides is 2. The molecule has 1 unspecified atom stereocenters. The van der Waals surface area contributed by atoms with Crippen molar-refractivity contribution in [2.45, 2.75) is 32.9 Å². The first kappa shape index (κ1) is 21.8. The summed E-state index contributed by atoms with van der Waals surface area (Å²) in [6.07, 6.45) is 0.361. The van der Waals surface area contributed by atoms with Gasteiger partial charge in [0.15, 0.2) is 10.8 Å². The van der Waals surface area contributed by atoms with Crippen molar-refractivity contribution < 1.29 is 14.0 Å². The molecule has 1 atom stereocenters. The largest absolute Gasteiger partial charge is 0.457 e. The van der Waals surface area contributed by atoms with Crippen molar-refractivity contribution in [3.63, 3.8) is 0 Å². The van der Waals surface area contributed by atoms with Gasteiger partial charge in [-0.2, -0.15) is 0 Å². The van der Waals surface area contributed by atoms with Crippen LogP contribution in [0.25, 0.3) is 21.0 Å². The Morgan fingerprint density at radius 3 is 2.50 bits per heavy atom. The van der Waals surface area contributed by atoms with E-state index in [0.717, 1.165) is 20.8 Å². The Kier molecular flexibility index (Phi) is 6.66. The Labute approximate surface area is 190 Å². The van der Waals surface area contributed by atoms with E-state index in [2.05, 4.69) is 15.6 Å². The molecule has 32 heavy (non-hydrogen) atoms. The van der Waals surface area contributed by atoms with Crippen LogP contribution in [0.3, 0.4) is 0 Å². The van der Waals surface area contributed by atoms with Crippen LogP contribution in [0.1, 0.15) is 37.6 Å². The maximum Gasteiger partial charge on any atom is 0.247 e. The fourth-order valence-corrected chi connectivity index (χ4v) is 4.31. The molecule has 2 aromatic heterocycles. The van der Waals surface area contributed by atoms with Gasteiger partial charge in [-0.05, 0) is 35.7 Å². The molecule has 0 spiro atoms. The monoisotopic (exact) mass is 447 g/mol. The molecule has 2 N–H and O–H groups in total. The van der Waals surface area contributed by atoms with Gasteiger partial charge in [-0.3, -0.25) is 9.59 Å². The first-order chi connectivity index (χ1) is 15.5. The van der Waals surface area contributed by atoms with Gasteiger partial charge in [-0.1, -0.05) is 56.3 Å². The summed E-state index contributed by atoms with van der Waals surface area (Å²) in [6, 6.07) is 20.1. The molecule has 4 rings (SSSR count). The molecule has 0 fully saturated rings. The van der Waals surface area contributed by atoms with Crippen LogP contribution < -0.4 is 10.6 Å². The number of nitrogens with one attached hydrogen (secondary N) is 2. The van der Waals surface area contributed by atoms with E-state index < -0.39 is 6.04 Å². The number of thiazole rings is 1. The third-order valence-corrected chi connectivity index (χ3v) is 5.95. The Morgan fingerprint density at radius 1 is 1.00 bits per heavy atom. The molecule has 2 heterocycles. The molecule has 7 heteroatoms. The lowest BCUT2D eigenvalue weighted by Crippen LogP contribution is -2.40. The summed E-state index contributed by atoms with van der Waals surface area (Å²) >= 11 is 1.56. The van der Waals surface area contributed by atoms with Crippen molar-refractivity contribution in [1.82, 2.24) is 15.6 Å². The molecular formula is C25H25N3O3S. The number of para-hydroxylation sites is 1. The summed E-state index contributed by atoms with van der Waals surface area (Å²) < 4.78 is 7.01. The lowest BCUT2D eigenvalue weighted by molar-refractivity contribution is -0.129. The van der Waals surface area contributed by atoms with Crippen LogP contribution in [-0.4, -0.2) is 16.8 Å². The first-order valence-corrected chi connectivity index (χ1v) is 11.4. The fraction of sp³-hybridized carbons (Fsp3) is 0.240. The molecule has 0 radical (unpaired) electrons. The highest BCUT2D eigenvalue weighted by atomic mass is 32.1. The number of rotatable bonds is 8. The van der Waals surface area contributed by atoms with Gasteiger partial charge < -0.3 is 15.1 Å². The second-order valence-corrected chi connectivity index (χ2v) is 9.01. The number of benzene rings is 2. The van der Waals surface area contributed by atoms with E-state index in [4.69, 9.17) is 4.42 Å². The summed E-state index contributed by atoms with van der Waals surface area (Å²) in [5, 5.41) is 6.54. The van der Waals surface area contributed by atoms with E-state index in [0.29, 0.717) is 17.9 Å². The number of carbonyl (C=O) groups is 2. The van der Waals surface area contributed by atoms with Gasteiger partial charge in [-0.25, -0.2) is 4.98 Å². The maximum absolute atomic E-state index is 13.0. The molecule has 0 aliphatic carbocycles. The van der Waals surface area contributed by atoms with Crippen LogP contribution >= 0.6 is 11.3 Å². The van der Waals surface area contributed by atoms with Crippen LogP contribution in [-0.2, 0) is 16.1 Å². The van der Waals surface area contributed by atoms with E-state index in [1.165, 1.54) is 0 Å². The molecule has 164 valence electrons. The molecule has 0 aliphatic heterocycles. The molecule has 0 saturated carbocycles. The number of aromatic nitrogens is 1. The second kappa shape index (κ2) is 9.78. The summed E-state index contributed by atoms with van der Waals surface area (Å²) in [6.45, 7) is 4.15. The third-order valence-electron chi connectivity index (χ3n) is 4.90. The number of fused-ring (bicyclic) bond motifs is 1. The minimum absolute atomic E-state index is 0.153. The Hall–Kier alpha value is -3.45. The number of hydrogen-bond donors (Lipinski definition) is 2. The molecule has 2 aromatic carbocycles. The topological polar surface area (TPSA) is 84.2 Å². The maximum atomic E-state index is 13.0. The summed E-state index contributed by atoms with van der Waals surface area (Å²) in [7, 11) is 0. The molecule has 0 saturated heterocycles. The van der Waals surface area contributed by atoms with Crippen molar-refractivity contribution in [3.05, 3.63) is 78.1 Å². The Morgan fingerprint density at radius 2 is 1.75 bits per heavy atom. The predicted molar refractivity (Wildman–Crippen MR) is 126 cm³/mol. The highest BCUT2D eigenvalue weighted by molar-refractivity contribution is 7.21. The van der Waals surface area contributed by atoms with E-state index in [-0.39, 0.29) is 24.3 Å². The zero-order valence-electron chi connectivity index (χ0n) is 18.0. The average molecular weight is 448 g/mol. The number of carbonyl (C=O) groups excluding carboxylic acids is 2. The smallest absolute Gasteiger partial charge is 0.247 e. The molecule has 6 nitrogen and oxygen atoms in total. The van der Waals surface area contributed by atoms with Gasteiger partial charge in [0.2, 0.25) is 11.8 Å². The van der Waals surface area contributed by atoms with Crippen LogP contribution in [0.2, 0.25) is 0 Å². The van der Waals surface area contributed by atoms with Gasteiger partial charge in [0.1, 0.15) is 11.8 Å². The normalized spacial score (nSPS) is 12.1. The molecule has 0 aliphatic rings. The first-order valence-electron chi connectivity index (χ1n) is 10.6. The molecule has 0 bridgehead atoms. The van der Waals surface area contributed by atoms with Crippen molar-refractivity contribution in [1.29, 1.82) is 0 Å². The minimum Gasteiger partial charge on any atom is -0.457 e. The standard InChI is InChI=1S/C25H25N3O3S/c1-16(2)14-22(29)28-23(17-8-4-3-5-9-17)24(30)26-15-18-12-13-20(31-18)25-27-19-10-6-7-11-21(19)32-25/h3-13,16,23H,14-15H2,1-2H3,(H,26,30)(H,28,29). The zero-order valence-corrected chi connectivity index (χ0v) is 18.8. The van der Waals surface area contributed by atoms with Crippen molar-refractivity contribution in [2.75, 3.05) is 0 Å².